The lowest BCUT2D eigenvalue weighted by Crippen LogP contribution is -1.99. The van der Waals surface area contributed by atoms with Gasteiger partial charge in [-0.1, -0.05) is 19.4 Å². The minimum absolute atomic E-state index is 0.393. The van der Waals surface area contributed by atoms with E-state index in [0.29, 0.717) is 5.78 Å². The summed E-state index contributed by atoms with van der Waals surface area (Å²) in [6, 6.07) is 0. The van der Waals surface area contributed by atoms with Gasteiger partial charge in [0.2, 0.25) is 0 Å². The summed E-state index contributed by atoms with van der Waals surface area (Å²) in [7, 11) is 0. The predicted octanol–water partition coefficient (Wildman–Crippen LogP) is 2.86. The summed E-state index contributed by atoms with van der Waals surface area (Å²) in [6.45, 7) is 2.12. The van der Waals surface area contributed by atoms with E-state index >= 15 is 0 Å². The number of carbonyl (C=O) groups excluding carboxylic acids is 1. The van der Waals surface area contributed by atoms with Gasteiger partial charge in [0.25, 0.3) is 0 Å². The Morgan fingerprint density at radius 1 is 1.64 bits per heavy atom. The first-order valence-corrected chi connectivity index (χ1v) is 4.57. The normalized spacial score (nSPS) is 16.6. The van der Waals surface area contributed by atoms with Gasteiger partial charge in [-0.15, -0.1) is 0 Å². The zero-order chi connectivity index (χ0) is 8.10. The third-order valence-corrected chi connectivity index (χ3v) is 2.16. The van der Waals surface area contributed by atoms with Crippen LogP contribution in [0, 0.1) is 0 Å². The van der Waals surface area contributed by atoms with Crippen LogP contribution in [0.3, 0.4) is 0 Å². The molecule has 0 heterocycles. The highest BCUT2D eigenvalue weighted by molar-refractivity contribution is 5.95. The Hall–Kier alpha value is -0.590. The summed E-state index contributed by atoms with van der Waals surface area (Å²) in [6.07, 6.45) is 8.39. The van der Waals surface area contributed by atoms with Crippen molar-refractivity contribution in [3.8, 4) is 0 Å². The van der Waals surface area contributed by atoms with Crippen molar-refractivity contribution in [1.29, 1.82) is 0 Å². The molecule has 62 valence electrons. The molecule has 0 atom stereocenters. The second-order valence-electron chi connectivity index (χ2n) is 3.15. The van der Waals surface area contributed by atoms with E-state index < -0.39 is 0 Å². The van der Waals surface area contributed by atoms with Crippen molar-refractivity contribution in [1.82, 2.24) is 0 Å². The van der Waals surface area contributed by atoms with Gasteiger partial charge in [-0.2, -0.15) is 0 Å². The first-order valence-electron chi connectivity index (χ1n) is 4.57. The molecular formula is C10H16O. The van der Waals surface area contributed by atoms with E-state index in [0.717, 1.165) is 37.7 Å². The van der Waals surface area contributed by atoms with Crippen LogP contribution in [0.4, 0.5) is 0 Å². The number of hydrogen-bond acceptors (Lipinski definition) is 1. The minimum atomic E-state index is 0.393. The van der Waals surface area contributed by atoms with Crippen LogP contribution in [-0.2, 0) is 4.79 Å². The van der Waals surface area contributed by atoms with Crippen molar-refractivity contribution < 1.29 is 4.79 Å². The lowest BCUT2D eigenvalue weighted by molar-refractivity contribution is -0.115. The molecule has 0 saturated carbocycles. The fourth-order valence-electron chi connectivity index (χ4n) is 1.42. The summed E-state index contributed by atoms with van der Waals surface area (Å²) < 4.78 is 0. The van der Waals surface area contributed by atoms with Crippen molar-refractivity contribution in [2.45, 2.75) is 45.4 Å². The molecule has 1 heteroatoms. The highest BCUT2D eigenvalue weighted by Gasteiger charge is 2.11. The SMILES string of the molecule is CCCCC(=O)C1=CCCC1. The molecule has 0 radical (unpaired) electrons. The van der Waals surface area contributed by atoms with Crippen LogP contribution in [-0.4, -0.2) is 5.78 Å². The van der Waals surface area contributed by atoms with Crippen LogP contribution in [0.25, 0.3) is 0 Å². The summed E-state index contributed by atoms with van der Waals surface area (Å²) in [5, 5.41) is 0. The van der Waals surface area contributed by atoms with Gasteiger partial charge in [0.1, 0.15) is 0 Å². The maximum atomic E-state index is 11.3. The van der Waals surface area contributed by atoms with Crippen LogP contribution < -0.4 is 0 Å². The van der Waals surface area contributed by atoms with Crippen molar-refractivity contribution in [2.75, 3.05) is 0 Å². The Labute approximate surface area is 68.5 Å². The molecule has 0 amide bonds. The third-order valence-electron chi connectivity index (χ3n) is 2.16. The average Bonchev–Trinajstić information content (AvgIpc) is 2.52. The molecule has 0 fully saturated rings. The van der Waals surface area contributed by atoms with Gasteiger partial charge in [-0.05, 0) is 31.3 Å². The fourth-order valence-corrected chi connectivity index (χ4v) is 1.42. The first-order chi connectivity index (χ1) is 5.34. The molecule has 11 heavy (non-hydrogen) atoms. The summed E-state index contributed by atoms with van der Waals surface area (Å²) in [5.41, 5.74) is 1.10. The average molecular weight is 152 g/mol. The Bertz CT molecular complexity index is 168. The number of Topliss-reactive ketones (excluding diaryl/α,β-unsaturated/α-hetero) is 1. The van der Waals surface area contributed by atoms with Gasteiger partial charge in [0.15, 0.2) is 5.78 Å². The number of ketones is 1. The topological polar surface area (TPSA) is 17.1 Å². The highest BCUT2D eigenvalue weighted by atomic mass is 16.1. The molecule has 1 rings (SSSR count). The predicted molar refractivity (Wildman–Crippen MR) is 46.5 cm³/mol. The summed E-state index contributed by atoms with van der Waals surface area (Å²) in [5.74, 6) is 0.393. The molecule has 1 nitrogen and oxygen atoms in total. The molecule has 0 aliphatic heterocycles. The van der Waals surface area contributed by atoms with E-state index in [2.05, 4.69) is 13.0 Å². The Balaban J connectivity index is 2.29. The standard InChI is InChI=1S/C10H16O/c1-2-3-8-10(11)9-6-4-5-7-9/h6H,2-5,7-8H2,1H3. The van der Waals surface area contributed by atoms with E-state index in [1.807, 2.05) is 0 Å². The fraction of sp³-hybridized carbons (Fsp3) is 0.700. The highest BCUT2D eigenvalue weighted by Crippen LogP contribution is 2.19. The number of unbranched alkanes of at least 4 members (excludes halogenated alkanes) is 1. The van der Waals surface area contributed by atoms with Crippen LogP contribution >= 0.6 is 0 Å². The van der Waals surface area contributed by atoms with E-state index in [1.54, 1.807) is 0 Å². The van der Waals surface area contributed by atoms with Crippen molar-refractivity contribution in [3.05, 3.63) is 11.6 Å². The van der Waals surface area contributed by atoms with Crippen LogP contribution in [0.15, 0.2) is 11.6 Å². The monoisotopic (exact) mass is 152 g/mol. The zero-order valence-electron chi connectivity index (χ0n) is 7.23. The molecule has 0 saturated heterocycles. The lowest BCUT2D eigenvalue weighted by Gasteiger charge is -1.98. The largest absolute Gasteiger partial charge is 0.295 e. The van der Waals surface area contributed by atoms with Crippen LogP contribution in [0.1, 0.15) is 45.4 Å². The van der Waals surface area contributed by atoms with Gasteiger partial charge in [-0.3, -0.25) is 4.79 Å². The molecule has 0 aromatic rings. The first kappa shape index (κ1) is 8.51. The number of carbonyl (C=O) groups is 1. The third kappa shape index (κ3) is 2.49. The number of allylic oxidation sites excluding steroid dienone is 2. The minimum Gasteiger partial charge on any atom is -0.295 e. The second-order valence-corrected chi connectivity index (χ2v) is 3.15. The molecule has 0 aromatic heterocycles. The Kier molecular flexibility index (Phi) is 3.34. The smallest absolute Gasteiger partial charge is 0.158 e. The molecule has 1 aliphatic carbocycles. The number of hydrogen-bond donors (Lipinski definition) is 0. The maximum absolute atomic E-state index is 11.3. The lowest BCUT2D eigenvalue weighted by atomic mass is 10.1. The van der Waals surface area contributed by atoms with Crippen molar-refractivity contribution in [2.24, 2.45) is 0 Å². The van der Waals surface area contributed by atoms with Gasteiger partial charge in [-0.25, -0.2) is 0 Å². The van der Waals surface area contributed by atoms with E-state index in [4.69, 9.17) is 0 Å². The quantitative estimate of drug-likeness (QED) is 0.605. The van der Waals surface area contributed by atoms with E-state index in [1.165, 1.54) is 6.42 Å². The molecule has 0 N–H and O–H groups in total. The molecule has 0 spiro atoms. The summed E-state index contributed by atoms with van der Waals surface area (Å²) in [4.78, 5) is 11.3. The Morgan fingerprint density at radius 3 is 3.00 bits per heavy atom. The molecule has 0 bridgehead atoms. The van der Waals surface area contributed by atoms with E-state index in [-0.39, 0.29) is 0 Å². The second kappa shape index (κ2) is 4.32. The van der Waals surface area contributed by atoms with Crippen molar-refractivity contribution in [3.63, 3.8) is 0 Å². The molecule has 0 aromatic carbocycles. The molecular weight excluding hydrogens is 136 g/mol. The molecule has 0 unspecified atom stereocenters. The van der Waals surface area contributed by atoms with Gasteiger partial charge in [0, 0.05) is 6.42 Å². The Morgan fingerprint density at radius 2 is 2.45 bits per heavy atom. The van der Waals surface area contributed by atoms with E-state index in [9.17, 15) is 4.79 Å². The number of rotatable bonds is 4. The van der Waals surface area contributed by atoms with Crippen LogP contribution in [0.5, 0.6) is 0 Å². The van der Waals surface area contributed by atoms with Gasteiger partial charge in [0.05, 0.1) is 0 Å². The van der Waals surface area contributed by atoms with Crippen molar-refractivity contribution >= 4 is 5.78 Å². The summed E-state index contributed by atoms with van der Waals surface area (Å²) >= 11 is 0. The van der Waals surface area contributed by atoms with Gasteiger partial charge >= 0.3 is 0 Å². The molecule has 1 aliphatic rings. The zero-order valence-corrected chi connectivity index (χ0v) is 7.23. The maximum Gasteiger partial charge on any atom is 0.158 e. The van der Waals surface area contributed by atoms with Gasteiger partial charge < -0.3 is 0 Å². The van der Waals surface area contributed by atoms with Crippen LogP contribution in [0.2, 0.25) is 0 Å².